The topological polar surface area (TPSA) is 89.4 Å². The third-order valence-corrected chi connectivity index (χ3v) is 4.57. The normalized spacial score (nSPS) is 10.4. The van der Waals surface area contributed by atoms with Gasteiger partial charge in [0.05, 0.1) is 17.9 Å². The lowest BCUT2D eigenvalue weighted by molar-refractivity contribution is 0.0525. The van der Waals surface area contributed by atoms with E-state index in [0.717, 1.165) is 11.3 Å². The highest BCUT2D eigenvalue weighted by atomic mass is 32.2. The largest absolute Gasteiger partial charge is 0.477 e. The van der Waals surface area contributed by atoms with Crippen molar-refractivity contribution >= 4 is 35.0 Å². The smallest absolute Gasteiger partial charge is 0.347 e. The molecule has 110 valence electrons. The number of rotatable bonds is 5. The molecule has 0 aliphatic heterocycles. The van der Waals surface area contributed by atoms with E-state index in [9.17, 15) is 9.59 Å². The third-order valence-electron chi connectivity index (χ3n) is 2.41. The first-order valence-electron chi connectivity index (χ1n) is 6.03. The van der Waals surface area contributed by atoms with Crippen LogP contribution in [0.15, 0.2) is 27.7 Å². The van der Waals surface area contributed by atoms with Crippen molar-refractivity contribution in [1.29, 1.82) is 0 Å². The van der Waals surface area contributed by atoms with Crippen LogP contribution in [-0.2, 0) is 4.74 Å². The first kappa shape index (κ1) is 15.5. The summed E-state index contributed by atoms with van der Waals surface area (Å²) in [5, 5.41) is 9.62. The molecular formula is C13H12N2O4S2. The fourth-order valence-electron chi connectivity index (χ4n) is 1.48. The molecule has 0 aromatic carbocycles. The summed E-state index contributed by atoms with van der Waals surface area (Å²) < 4.78 is 5.47. The Balaban J connectivity index is 2.12. The van der Waals surface area contributed by atoms with Gasteiger partial charge in [-0.15, -0.1) is 0 Å². The van der Waals surface area contributed by atoms with E-state index in [4.69, 9.17) is 9.84 Å². The van der Waals surface area contributed by atoms with Crippen molar-refractivity contribution in [3.63, 3.8) is 0 Å². The molecule has 2 aromatic heterocycles. The molecule has 0 saturated carbocycles. The minimum Gasteiger partial charge on any atom is -0.477 e. The Morgan fingerprint density at radius 1 is 1.43 bits per heavy atom. The van der Waals surface area contributed by atoms with Crippen LogP contribution in [0, 0.1) is 6.92 Å². The van der Waals surface area contributed by atoms with Gasteiger partial charge in [0, 0.05) is 6.20 Å². The van der Waals surface area contributed by atoms with Crippen molar-refractivity contribution < 1.29 is 19.4 Å². The molecule has 0 spiro atoms. The number of thiazole rings is 1. The molecule has 21 heavy (non-hydrogen) atoms. The molecule has 0 aliphatic rings. The molecule has 1 N–H and O–H groups in total. The van der Waals surface area contributed by atoms with Gasteiger partial charge >= 0.3 is 11.9 Å². The highest BCUT2D eigenvalue weighted by molar-refractivity contribution is 8.01. The van der Waals surface area contributed by atoms with E-state index >= 15 is 0 Å². The maximum atomic E-state index is 11.5. The molecule has 2 aromatic rings. The van der Waals surface area contributed by atoms with E-state index in [0.29, 0.717) is 27.2 Å². The van der Waals surface area contributed by atoms with Crippen molar-refractivity contribution in [2.24, 2.45) is 0 Å². The number of aryl methyl sites for hydroxylation is 1. The van der Waals surface area contributed by atoms with Crippen LogP contribution in [0.1, 0.15) is 32.6 Å². The Hall–Kier alpha value is -1.93. The van der Waals surface area contributed by atoms with Gasteiger partial charge in [0.15, 0.2) is 4.34 Å². The van der Waals surface area contributed by atoms with Crippen LogP contribution in [0.25, 0.3) is 0 Å². The van der Waals surface area contributed by atoms with E-state index in [1.165, 1.54) is 18.0 Å². The molecule has 0 saturated heterocycles. The van der Waals surface area contributed by atoms with Gasteiger partial charge in [0.1, 0.15) is 9.90 Å². The van der Waals surface area contributed by atoms with Crippen molar-refractivity contribution in [1.82, 2.24) is 9.97 Å². The number of carbonyl (C=O) groups excluding carboxylic acids is 1. The summed E-state index contributed by atoms with van der Waals surface area (Å²) >= 11 is 2.36. The zero-order chi connectivity index (χ0) is 15.4. The van der Waals surface area contributed by atoms with E-state index in [1.54, 1.807) is 26.0 Å². The standard InChI is InChI=1S/C13H12N2O4S2/c1-3-19-12(18)8-4-5-9(14-6-8)20-13-15-7(2)10(21-13)11(16)17/h4-6H,3H2,1-2H3,(H,16,17). The van der Waals surface area contributed by atoms with Crippen LogP contribution < -0.4 is 0 Å². The van der Waals surface area contributed by atoms with Crippen LogP contribution in [0.3, 0.4) is 0 Å². The number of hydrogen-bond donors (Lipinski definition) is 1. The van der Waals surface area contributed by atoms with Gasteiger partial charge in [-0.25, -0.2) is 19.6 Å². The lowest BCUT2D eigenvalue weighted by Crippen LogP contribution is -2.04. The van der Waals surface area contributed by atoms with Gasteiger partial charge in [0.2, 0.25) is 0 Å². The summed E-state index contributed by atoms with van der Waals surface area (Å²) in [6.07, 6.45) is 1.43. The second-order valence-electron chi connectivity index (χ2n) is 3.91. The number of esters is 1. The first-order valence-corrected chi connectivity index (χ1v) is 7.66. The minimum atomic E-state index is -0.984. The van der Waals surface area contributed by atoms with Crippen LogP contribution in [0.5, 0.6) is 0 Å². The molecule has 0 unspecified atom stereocenters. The summed E-state index contributed by atoms with van der Waals surface area (Å²) in [7, 11) is 0. The van der Waals surface area contributed by atoms with Crippen LogP contribution in [0.4, 0.5) is 0 Å². The molecule has 8 heteroatoms. The molecule has 2 rings (SSSR count). The minimum absolute atomic E-state index is 0.223. The Labute approximate surface area is 129 Å². The van der Waals surface area contributed by atoms with Crippen LogP contribution in [-0.4, -0.2) is 33.6 Å². The average Bonchev–Trinajstić information content (AvgIpc) is 2.81. The summed E-state index contributed by atoms with van der Waals surface area (Å²) in [6.45, 7) is 3.70. The van der Waals surface area contributed by atoms with E-state index in [1.807, 2.05) is 0 Å². The molecule has 0 aliphatic carbocycles. The van der Waals surface area contributed by atoms with Crippen molar-refractivity contribution in [3.05, 3.63) is 34.5 Å². The lowest BCUT2D eigenvalue weighted by atomic mass is 10.3. The van der Waals surface area contributed by atoms with Gasteiger partial charge in [-0.3, -0.25) is 0 Å². The lowest BCUT2D eigenvalue weighted by Gasteiger charge is -2.01. The predicted molar refractivity (Wildman–Crippen MR) is 78.1 cm³/mol. The number of carboxylic acid groups (broad SMARTS) is 1. The van der Waals surface area contributed by atoms with Crippen LogP contribution >= 0.6 is 23.1 Å². The molecule has 6 nitrogen and oxygen atoms in total. The number of carboxylic acids is 1. The Bertz CT molecular complexity index is 667. The molecule has 0 radical (unpaired) electrons. The van der Waals surface area contributed by atoms with Gasteiger partial charge < -0.3 is 9.84 Å². The number of aromatic nitrogens is 2. The molecule has 0 amide bonds. The molecule has 0 atom stereocenters. The number of hydrogen-bond acceptors (Lipinski definition) is 7. The fourth-order valence-corrected chi connectivity index (χ4v) is 3.39. The van der Waals surface area contributed by atoms with Gasteiger partial charge in [0.25, 0.3) is 0 Å². The molecule has 0 fully saturated rings. The maximum absolute atomic E-state index is 11.5. The average molecular weight is 324 g/mol. The summed E-state index contributed by atoms with van der Waals surface area (Å²) in [4.78, 5) is 31.0. The highest BCUT2D eigenvalue weighted by Crippen LogP contribution is 2.31. The predicted octanol–water partition coefficient (Wildman–Crippen LogP) is 2.87. The number of aromatic carboxylic acids is 1. The number of pyridine rings is 1. The van der Waals surface area contributed by atoms with Gasteiger partial charge in [-0.05, 0) is 37.7 Å². The quantitative estimate of drug-likeness (QED) is 0.846. The SMILES string of the molecule is CCOC(=O)c1ccc(Sc2nc(C)c(C(=O)O)s2)nc1. The third kappa shape index (κ3) is 3.79. The molecule has 0 bridgehead atoms. The molecular weight excluding hydrogens is 312 g/mol. The fraction of sp³-hybridized carbons (Fsp3) is 0.231. The monoisotopic (exact) mass is 324 g/mol. The second kappa shape index (κ2) is 6.68. The number of ether oxygens (including phenoxy) is 1. The van der Waals surface area contributed by atoms with E-state index in [2.05, 4.69) is 9.97 Å². The van der Waals surface area contributed by atoms with Gasteiger partial charge in [-0.1, -0.05) is 11.3 Å². The Kier molecular flexibility index (Phi) is 4.92. The highest BCUT2D eigenvalue weighted by Gasteiger charge is 2.15. The second-order valence-corrected chi connectivity index (χ2v) is 6.17. The Morgan fingerprint density at radius 2 is 2.19 bits per heavy atom. The van der Waals surface area contributed by atoms with Crippen molar-refractivity contribution in [3.8, 4) is 0 Å². The van der Waals surface area contributed by atoms with E-state index in [-0.39, 0.29) is 4.88 Å². The maximum Gasteiger partial charge on any atom is 0.347 e. The zero-order valence-corrected chi connectivity index (χ0v) is 13.0. The summed E-state index contributed by atoms with van der Waals surface area (Å²) in [5.74, 6) is -1.40. The number of nitrogens with zero attached hydrogens (tertiary/aromatic N) is 2. The zero-order valence-electron chi connectivity index (χ0n) is 11.3. The van der Waals surface area contributed by atoms with Crippen LogP contribution in [0.2, 0.25) is 0 Å². The number of carbonyl (C=O) groups is 2. The first-order chi connectivity index (χ1) is 10.0. The van der Waals surface area contributed by atoms with Gasteiger partial charge in [-0.2, -0.15) is 0 Å². The van der Waals surface area contributed by atoms with Crippen molar-refractivity contribution in [2.75, 3.05) is 6.61 Å². The van der Waals surface area contributed by atoms with E-state index < -0.39 is 11.9 Å². The summed E-state index contributed by atoms with van der Waals surface area (Å²) in [5.41, 5.74) is 0.862. The summed E-state index contributed by atoms with van der Waals surface area (Å²) in [6, 6.07) is 3.29. The Morgan fingerprint density at radius 3 is 2.71 bits per heavy atom. The van der Waals surface area contributed by atoms with Crippen molar-refractivity contribution in [2.45, 2.75) is 23.2 Å². The molecule has 2 heterocycles.